The van der Waals surface area contributed by atoms with E-state index in [-0.39, 0.29) is 5.97 Å². The molecule has 0 saturated heterocycles. The normalized spacial score (nSPS) is 10.2. The quantitative estimate of drug-likeness (QED) is 0.546. The zero-order chi connectivity index (χ0) is 10.9. The van der Waals surface area contributed by atoms with Gasteiger partial charge in [-0.1, -0.05) is 0 Å². The van der Waals surface area contributed by atoms with Crippen molar-refractivity contribution in [3.63, 3.8) is 0 Å². The van der Waals surface area contributed by atoms with Gasteiger partial charge in [0, 0.05) is 19.4 Å². The lowest BCUT2D eigenvalue weighted by molar-refractivity contribution is -0.140. The van der Waals surface area contributed by atoms with Gasteiger partial charge in [-0.3, -0.25) is 4.79 Å². The molecule has 4 nitrogen and oxygen atoms in total. The lowest BCUT2D eigenvalue weighted by Crippen LogP contribution is -2.19. The summed E-state index contributed by atoms with van der Waals surface area (Å²) in [5.74, 6) is 0.832. The maximum atomic E-state index is 10.8. The summed E-state index contributed by atoms with van der Waals surface area (Å²) < 4.78 is 9.72. The minimum atomic E-state index is -0.150. The van der Waals surface area contributed by atoms with Gasteiger partial charge in [-0.05, 0) is 25.1 Å². The van der Waals surface area contributed by atoms with Gasteiger partial charge < -0.3 is 14.5 Å². The average Bonchev–Trinajstić information content (AvgIpc) is 2.75. The van der Waals surface area contributed by atoms with E-state index in [4.69, 9.17) is 4.42 Å². The third-order valence-electron chi connectivity index (χ3n) is 2.09. The van der Waals surface area contributed by atoms with Crippen molar-refractivity contribution < 1.29 is 13.9 Å². The summed E-state index contributed by atoms with van der Waals surface area (Å²) in [6.45, 7) is 1.70. The summed E-state index contributed by atoms with van der Waals surface area (Å²) in [5.41, 5.74) is 0. The van der Waals surface area contributed by atoms with Gasteiger partial charge in [-0.15, -0.1) is 0 Å². The van der Waals surface area contributed by atoms with Gasteiger partial charge in [0.15, 0.2) is 0 Å². The summed E-state index contributed by atoms with van der Waals surface area (Å²) >= 11 is 0. The zero-order valence-corrected chi connectivity index (χ0v) is 8.99. The number of ether oxygens (including phenoxy) is 1. The molecule has 0 aromatic carbocycles. The van der Waals surface area contributed by atoms with Crippen molar-refractivity contribution in [3.05, 3.63) is 24.2 Å². The van der Waals surface area contributed by atoms with Gasteiger partial charge in [0.1, 0.15) is 5.76 Å². The maximum absolute atomic E-state index is 10.8. The smallest absolute Gasteiger partial charge is 0.305 e. The Kier molecular flexibility index (Phi) is 5.55. The molecule has 1 aromatic heterocycles. The van der Waals surface area contributed by atoms with Crippen LogP contribution in [0.25, 0.3) is 0 Å². The molecule has 1 heterocycles. The molecule has 1 aromatic rings. The van der Waals surface area contributed by atoms with Crippen LogP contribution >= 0.6 is 0 Å². The van der Waals surface area contributed by atoms with E-state index in [1.165, 1.54) is 7.11 Å². The second-order valence-corrected chi connectivity index (χ2v) is 3.26. The van der Waals surface area contributed by atoms with Gasteiger partial charge in [0.2, 0.25) is 0 Å². The van der Waals surface area contributed by atoms with Crippen LogP contribution in [0.4, 0.5) is 0 Å². The first kappa shape index (κ1) is 11.8. The summed E-state index contributed by atoms with van der Waals surface area (Å²) in [7, 11) is 1.41. The van der Waals surface area contributed by atoms with Crippen LogP contribution in [-0.4, -0.2) is 26.2 Å². The highest BCUT2D eigenvalue weighted by molar-refractivity contribution is 5.69. The molecule has 84 valence electrons. The van der Waals surface area contributed by atoms with Crippen LogP contribution in [0, 0.1) is 0 Å². The highest BCUT2D eigenvalue weighted by Gasteiger charge is 1.99. The SMILES string of the molecule is COC(=O)CCCNCCc1ccco1. The highest BCUT2D eigenvalue weighted by atomic mass is 16.5. The predicted octanol–water partition coefficient (Wildman–Crippen LogP) is 1.36. The lowest BCUT2D eigenvalue weighted by atomic mass is 10.3. The standard InChI is InChI=1S/C11H17NO3/c1-14-11(13)5-2-7-12-8-6-10-4-3-9-15-10/h3-4,9,12H,2,5-8H2,1H3. The molecule has 0 aliphatic carbocycles. The Labute approximate surface area is 89.6 Å². The van der Waals surface area contributed by atoms with Crippen molar-refractivity contribution >= 4 is 5.97 Å². The number of methoxy groups -OCH3 is 1. The van der Waals surface area contributed by atoms with Crippen LogP contribution in [0.15, 0.2) is 22.8 Å². The van der Waals surface area contributed by atoms with Crippen molar-refractivity contribution in [1.82, 2.24) is 5.32 Å². The van der Waals surface area contributed by atoms with Crippen LogP contribution in [0.3, 0.4) is 0 Å². The molecule has 0 radical (unpaired) electrons. The number of rotatable bonds is 7. The first-order valence-electron chi connectivity index (χ1n) is 5.13. The summed E-state index contributed by atoms with van der Waals surface area (Å²) in [4.78, 5) is 10.8. The number of furan rings is 1. The third kappa shape index (κ3) is 5.22. The van der Waals surface area contributed by atoms with Gasteiger partial charge in [-0.2, -0.15) is 0 Å². The first-order valence-corrected chi connectivity index (χ1v) is 5.13. The van der Waals surface area contributed by atoms with E-state index in [2.05, 4.69) is 10.1 Å². The van der Waals surface area contributed by atoms with E-state index in [0.29, 0.717) is 6.42 Å². The Balaban J connectivity index is 1.91. The number of hydrogen-bond acceptors (Lipinski definition) is 4. The van der Waals surface area contributed by atoms with E-state index in [1.54, 1.807) is 6.26 Å². The van der Waals surface area contributed by atoms with Crippen molar-refractivity contribution in [2.24, 2.45) is 0 Å². The molecule has 0 amide bonds. The van der Waals surface area contributed by atoms with E-state index in [0.717, 1.165) is 31.7 Å². The van der Waals surface area contributed by atoms with Crippen molar-refractivity contribution in [1.29, 1.82) is 0 Å². The van der Waals surface area contributed by atoms with Crippen molar-refractivity contribution in [3.8, 4) is 0 Å². The van der Waals surface area contributed by atoms with E-state index in [1.807, 2.05) is 12.1 Å². The van der Waals surface area contributed by atoms with E-state index in [9.17, 15) is 4.79 Å². The minimum Gasteiger partial charge on any atom is -0.469 e. The molecule has 0 spiro atoms. The van der Waals surface area contributed by atoms with Crippen LogP contribution in [-0.2, 0) is 16.0 Å². The molecular weight excluding hydrogens is 194 g/mol. The zero-order valence-electron chi connectivity index (χ0n) is 8.99. The minimum absolute atomic E-state index is 0.150. The fourth-order valence-electron chi connectivity index (χ4n) is 1.25. The third-order valence-corrected chi connectivity index (χ3v) is 2.09. The van der Waals surface area contributed by atoms with E-state index >= 15 is 0 Å². The van der Waals surface area contributed by atoms with Crippen molar-refractivity contribution in [2.75, 3.05) is 20.2 Å². The topological polar surface area (TPSA) is 51.5 Å². The molecule has 0 atom stereocenters. The molecule has 0 aliphatic rings. The molecule has 0 fully saturated rings. The Morgan fingerprint density at radius 2 is 2.40 bits per heavy atom. The molecule has 0 unspecified atom stereocenters. The van der Waals surface area contributed by atoms with E-state index < -0.39 is 0 Å². The monoisotopic (exact) mass is 211 g/mol. The number of nitrogens with one attached hydrogen (secondary N) is 1. The fourth-order valence-corrected chi connectivity index (χ4v) is 1.25. The van der Waals surface area contributed by atoms with Gasteiger partial charge in [0.25, 0.3) is 0 Å². The van der Waals surface area contributed by atoms with Crippen molar-refractivity contribution in [2.45, 2.75) is 19.3 Å². The van der Waals surface area contributed by atoms with Gasteiger partial charge in [0.05, 0.1) is 13.4 Å². The second-order valence-electron chi connectivity index (χ2n) is 3.26. The second kappa shape index (κ2) is 7.06. The highest BCUT2D eigenvalue weighted by Crippen LogP contribution is 1.99. The molecule has 4 heteroatoms. The van der Waals surface area contributed by atoms with Crippen LogP contribution in [0.1, 0.15) is 18.6 Å². The van der Waals surface area contributed by atoms with Crippen LogP contribution in [0.5, 0.6) is 0 Å². The fraction of sp³-hybridized carbons (Fsp3) is 0.545. The molecular formula is C11H17NO3. The van der Waals surface area contributed by atoms with Crippen LogP contribution in [0.2, 0.25) is 0 Å². The average molecular weight is 211 g/mol. The summed E-state index contributed by atoms with van der Waals surface area (Å²) in [6.07, 6.45) is 3.84. The molecule has 15 heavy (non-hydrogen) atoms. The predicted molar refractivity (Wildman–Crippen MR) is 56.5 cm³/mol. The van der Waals surface area contributed by atoms with Gasteiger partial charge >= 0.3 is 5.97 Å². The Morgan fingerprint density at radius 3 is 3.07 bits per heavy atom. The number of esters is 1. The lowest BCUT2D eigenvalue weighted by Gasteiger charge is -2.02. The molecule has 0 bridgehead atoms. The Morgan fingerprint density at radius 1 is 1.53 bits per heavy atom. The Bertz CT molecular complexity index is 269. The van der Waals surface area contributed by atoms with Gasteiger partial charge in [-0.25, -0.2) is 0 Å². The summed E-state index contributed by atoms with van der Waals surface area (Å²) in [6, 6.07) is 3.84. The largest absolute Gasteiger partial charge is 0.469 e. The molecule has 0 saturated carbocycles. The first-order chi connectivity index (χ1) is 7.33. The summed E-state index contributed by atoms with van der Waals surface area (Å²) in [5, 5.41) is 3.24. The number of carbonyl (C=O) groups is 1. The Hall–Kier alpha value is -1.29. The maximum Gasteiger partial charge on any atom is 0.305 e. The number of hydrogen-bond donors (Lipinski definition) is 1. The molecule has 1 N–H and O–H groups in total. The number of carbonyl (C=O) groups excluding carboxylic acids is 1. The molecule has 1 rings (SSSR count). The van der Waals surface area contributed by atoms with Crippen LogP contribution < -0.4 is 5.32 Å². The molecule has 0 aliphatic heterocycles.